The van der Waals surface area contributed by atoms with Gasteiger partial charge >= 0.3 is 12.0 Å². The fraction of sp³-hybridized carbons (Fsp3) is 0.323. The maximum Gasteiger partial charge on any atom is 0.336 e. The van der Waals surface area contributed by atoms with Crippen molar-refractivity contribution >= 4 is 29.3 Å². The zero-order chi connectivity index (χ0) is 28.6. The van der Waals surface area contributed by atoms with E-state index in [4.69, 9.17) is 4.74 Å². The molecular weight excluding hydrogens is 513 g/mol. The molecule has 2 atom stereocenters. The van der Waals surface area contributed by atoms with Crippen molar-refractivity contribution in [2.45, 2.75) is 57.8 Å². The van der Waals surface area contributed by atoms with Crippen molar-refractivity contribution in [2.24, 2.45) is 0 Å². The lowest BCUT2D eigenvalue weighted by atomic mass is 9.81. The Bertz CT molecular complexity index is 1460. The average Bonchev–Trinajstić information content (AvgIpc) is 3.11. The number of carboxylic acid groups (broad SMARTS) is 1. The summed E-state index contributed by atoms with van der Waals surface area (Å²) in [6.45, 7) is 7.13. The number of amides is 3. The van der Waals surface area contributed by atoms with Gasteiger partial charge in [0.05, 0.1) is 17.4 Å². The number of hydrogen-bond acceptors (Lipinski definition) is 5. The predicted molar refractivity (Wildman–Crippen MR) is 149 cm³/mol. The number of imide groups is 1. The van der Waals surface area contributed by atoms with Gasteiger partial charge in [0.25, 0.3) is 5.91 Å². The number of nitrogens with zero attached hydrogens (tertiary/aromatic N) is 3. The molecule has 5 rings (SSSR count). The third-order valence-electron chi connectivity index (χ3n) is 7.55. The van der Waals surface area contributed by atoms with E-state index in [-0.39, 0.29) is 29.1 Å². The Kier molecular flexibility index (Phi) is 7.33. The first-order valence-electron chi connectivity index (χ1n) is 13.4. The molecule has 9 heteroatoms. The molecule has 2 fully saturated rings. The Balaban J connectivity index is 1.48. The summed E-state index contributed by atoms with van der Waals surface area (Å²) < 4.78 is 20.2. The van der Waals surface area contributed by atoms with Gasteiger partial charge in [-0.05, 0) is 87.7 Å². The van der Waals surface area contributed by atoms with Crippen LogP contribution in [0.1, 0.15) is 49.5 Å². The van der Waals surface area contributed by atoms with Crippen LogP contribution in [0.25, 0.3) is 0 Å². The number of aromatic carboxylic acids is 1. The molecule has 2 aliphatic rings. The fourth-order valence-electron chi connectivity index (χ4n) is 5.78. The topological polar surface area (TPSA) is 90.4 Å². The number of likely N-dealkylation sites (tertiary alicyclic amines) is 1. The number of benzene rings is 3. The van der Waals surface area contributed by atoms with Crippen LogP contribution < -0.4 is 14.5 Å². The van der Waals surface area contributed by atoms with Gasteiger partial charge in [-0.15, -0.1) is 0 Å². The van der Waals surface area contributed by atoms with E-state index in [0.717, 1.165) is 16.2 Å². The van der Waals surface area contributed by atoms with Gasteiger partial charge in [-0.3, -0.25) is 14.6 Å². The highest BCUT2D eigenvalue weighted by Crippen LogP contribution is 2.44. The zero-order valence-corrected chi connectivity index (χ0v) is 22.7. The van der Waals surface area contributed by atoms with Crippen LogP contribution in [0.3, 0.4) is 0 Å². The van der Waals surface area contributed by atoms with E-state index in [1.807, 2.05) is 45.0 Å². The number of halogens is 1. The first-order valence-corrected chi connectivity index (χ1v) is 13.4. The highest BCUT2D eigenvalue weighted by atomic mass is 19.1. The summed E-state index contributed by atoms with van der Waals surface area (Å²) in [5.41, 5.74) is 0.245. The van der Waals surface area contributed by atoms with Crippen LogP contribution in [0.15, 0.2) is 72.8 Å². The van der Waals surface area contributed by atoms with Crippen molar-refractivity contribution in [1.29, 1.82) is 0 Å². The van der Waals surface area contributed by atoms with Gasteiger partial charge in [-0.2, -0.15) is 0 Å². The number of carboxylic acids is 1. The SMILES string of the molecule is CC(C)Oc1cccc(CN2CC[C@]3(C[C@@H]2C)C(=O)N(c2cccc(C(=O)O)c2)C(=O)N3c2cccc(F)c2)c1. The molecule has 3 aromatic rings. The van der Waals surface area contributed by atoms with Crippen molar-refractivity contribution in [2.75, 3.05) is 16.3 Å². The number of hydrogen-bond donors (Lipinski definition) is 1. The minimum atomic E-state index is -1.25. The maximum absolute atomic E-state index is 14.3. The van der Waals surface area contributed by atoms with E-state index >= 15 is 0 Å². The average molecular weight is 546 g/mol. The van der Waals surface area contributed by atoms with Crippen LogP contribution in [0, 0.1) is 5.82 Å². The highest BCUT2D eigenvalue weighted by molar-refractivity contribution is 6.30. The number of carbonyl (C=O) groups excluding carboxylic acids is 2. The van der Waals surface area contributed by atoms with Gasteiger partial charge in [0, 0.05) is 24.8 Å². The van der Waals surface area contributed by atoms with Crippen molar-refractivity contribution in [1.82, 2.24) is 4.90 Å². The minimum absolute atomic E-state index is 0.0387. The molecule has 3 amide bonds. The van der Waals surface area contributed by atoms with E-state index in [1.54, 1.807) is 6.07 Å². The third kappa shape index (κ3) is 5.04. The Morgan fingerprint density at radius 2 is 1.77 bits per heavy atom. The van der Waals surface area contributed by atoms with Crippen molar-refractivity contribution in [3.8, 4) is 5.75 Å². The monoisotopic (exact) mass is 545 g/mol. The van der Waals surface area contributed by atoms with Crippen LogP contribution in [0.5, 0.6) is 5.75 Å². The molecular formula is C31H32FN3O5. The van der Waals surface area contributed by atoms with E-state index in [2.05, 4.69) is 4.90 Å². The van der Waals surface area contributed by atoms with Gasteiger partial charge in [-0.1, -0.05) is 24.3 Å². The number of ether oxygens (including phenoxy) is 1. The molecule has 8 nitrogen and oxygen atoms in total. The fourth-order valence-corrected chi connectivity index (χ4v) is 5.78. The summed E-state index contributed by atoms with van der Waals surface area (Å²) in [7, 11) is 0. The van der Waals surface area contributed by atoms with E-state index in [1.165, 1.54) is 47.4 Å². The molecule has 208 valence electrons. The lowest BCUT2D eigenvalue weighted by molar-refractivity contribution is -0.123. The lowest BCUT2D eigenvalue weighted by Crippen LogP contribution is -2.59. The normalized spacial score (nSPS) is 21.5. The molecule has 1 N–H and O–H groups in total. The summed E-state index contributed by atoms with van der Waals surface area (Å²) >= 11 is 0. The largest absolute Gasteiger partial charge is 0.491 e. The lowest BCUT2D eigenvalue weighted by Gasteiger charge is -2.45. The van der Waals surface area contributed by atoms with Crippen LogP contribution >= 0.6 is 0 Å². The van der Waals surface area contributed by atoms with Gasteiger partial charge in [-0.25, -0.2) is 18.9 Å². The molecule has 0 aromatic heterocycles. The smallest absolute Gasteiger partial charge is 0.336 e. The number of carbonyl (C=O) groups is 3. The second kappa shape index (κ2) is 10.7. The standard InChI is InChI=1S/C31H32FN3O5/c1-20(2)40-27-12-4-7-22(15-27)19-33-14-13-31(18-21(33)3)29(38)34(25-10-5-8-23(16-25)28(36)37)30(39)35(31)26-11-6-9-24(32)17-26/h4-12,15-17,20-21H,13-14,18-19H2,1-3H3,(H,36,37)/t21-,31-/m0/s1. The van der Waals surface area contributed by atoms with E-state index in [0.29, 0.717) is 25.9 Å². The Morgan fingerprint density at radius 3 is 2.48 bits per heavy atom. The zero-order valence-electron chi connectivity index (χ0n) is 22.7. The van der Waals surface area contributed by atoms with E-state index < -0.39 is 29.3 Å². The van der Waals surface area contributed by atoms with Crippen molar-refractivity contribution in [3.05, 3.63) is 89.7 Å². The Labute approximate surface area is 232 Å². The molecule has 1 spiro atoms. The molecule has 2 saturated heterocycles. The van der Waals surface area contributed by atoms with Gasteiger partial charge in [0.15, 0.2) is 0 Å². The molecule has 2 aliphatic heterocycles. The first-order chi connectivity index (χ1) is 19.1. The number of anilines is 2. The highest BCUT2D eigenvalue weighted by Gasteiger charge is 2.60. The summed E-state index contributed by atoms with van der Waals surface area (Å²) in [4.78, 5) is 44.4. The molecule has 0 unspecified atom stereocenters. The first kappa shape index (κ1) is 27.3. The van der Waals surface area contributed by atoms with E-state index in [9.17, 15) is 23.9 Å². The summed E-state index contributed by atoms with van der Waals surface area (Å²) in [5.74, 6) is -1.33. The number of piperidine rings is 1. The summed E-state index contributed by atoms with van der Waals surface area (Å²) in [6, 6.07) is 18.6. The predicted octanol–water partition coefficient (Wildman–Crippen LogP) is 5.71. The molecule has 2 heterocycles. The van der Waals surface area contributed by atoms with Gasteiger partial charge in [0.1, 0.15) is 17.1 Å². The minimum Gasteiger partial charge on any atom is -0.491 e. The Morgan fingerprint density at radius 1 is 1.05 bits per heavy atom. The molecule has 0 bridgehead atoms. The van der Waals surface area contributed by atoms with Crippen LogP contribution in [-0.4, -0.2) is 52.1 Å². The molecule has 0 aliphatic carbocycles. The number of urea groups is 1. The van der Waals surface area contributed by atoms with Gasteiger partial charge < -0.3 is 9.84 Å². The second-order valence-electron chi connectivity index (χ2n) is 10.7. The van der Waals surface area contributed by atoms with Crippen molar-refractivity contribution < 1.29 is 28.6 Å². The summed E-state index contributed by atoms with van der Waals surface area (Å²) in [6.07, 6.45) is 0.712. The van der Waals surface area contributed by atoms with Crippen LogP contribution in [-0.2, 0) is 11.3 Å². The molecule has 3 aromatic carbocycles. The number of rotatable bonds is 7. The summed E-state index contributed by atoms with van der Waals surface area (Å²) in [5, 5.41) is 9.48. The molecule has 40 heavy (non-hydrogen) atoms. The van der Waals surface area contributed by atoms with Crippen molar-refractivity contribution in [3.63, 3.8) is 0 Å². The molecule has 0 radical (unpaired) electrons. The Hall–Kier alpha value is -4.24. The molecule has 0 saturated carbocycles. The third-order valence-corrected chi connectivity index (χ3v) is 7.55. The van der Waals surface area contributed by atoms with Crippen LogP contribution in [0.4, 0.5) is 20.6 Å². The van der Waals surface area contributed by atoms with Gasteiger partial charge in [0.2, 0.25) is 0 Å². The van der Waals surface area contributed by atoms with Crippen LogP contribution in [0.2, 0.25) is 0 Å². The maximum atomic E-state index is 14.3. The quantitative estimate of drug-likeness (QED) is 0.383. The second-order valence-corrected chi connectivity index (χ2v) is 10.7.